The minimum absolute atomic E-state index is 0.144. The van der Waals surface area contributed by atoms with Crippen LogP contribution in [0.5, 0.6) is 0 Å². The van der Waals surface area contributed by atoms with Gasteiger partial charge in [-0.2, -0.15) is 0 Å². The van der Waals surface area contributed by atoms with Gasteiger partial charge in [0, 0.05) is 36.4 Å². The average Bonchev–Trinajstić information content (AvgIpc) is 2.93. The van der Waals surface area contributed by atoms with Crippen molar-refractivity contribution < 1.29 is 23.8 Å². The van der Waals surface area contributed by atoms with Gasteiger partial charge >= 0.3 is 0 Å². The van der Waals surface area contributed by atoms with Gasteiger partial charge in [-0.1, -0.05) is 29.8 Å². The second-order valence-electron chi connectivity index (χ2n) is 6.37. The number of rotatable bonds is 6. The summed E-state index contributed by atoms with van der Waals surface area (Å²) in [5.74, 6) is -2.55. The Morgan fingerprint density at radius 1 is 1.18 bits per heavy atom. The van der Waals surface area contributed by atoms with E-state index in [0.29, 0.717) is 23.6 Å². The van der Waals surface area contributed by atoms with Crippen LogP contribution in [-0.4, -0.2) is 42.0 Å². The molecular formula is C21H19ClFNO4. The van der Waals surface area contributed by atoms with E-state index in [4.69, 9.17) is 16.3 Å². The molecule has 1 amide bonds. The van der Waals surface area contributed by atoms with Gasteiger partial charge in [-0.3, -0.25) is 9.59 Å². The lowest BCUT2D eigenvalue weighted by molar-refractivity contribution is -0.140. The maximum atomic E-state index is 14.6. The third kappa shape index (κ3) is 3.79. The zero-order chi connectivity index (χ0) is 20.3. The van der Waals surface area contributed by atoms with E-state index < -0.39 is 23.5 Å². The van der Waals surface area contributed by atoms with E-state index in [2.05, 4.69) is 0 Å². The first-order valence-electron chi connectivity index (χ1n) is 8.73. The third-order valence-electron chi connectivity index (χ3n) is 4.60. The van der Waals surface area contributed by atoms with Crippen LogP contribution in [-0.2, 0) is 14.3 Å². The van der Waals surface area contributed by atoms with E-state index in [-0.39, 0.29) is 23.4 Å². The number of methoxy groups -OCH3 is 1. The van der Waals surface area contributed by atoms with Crippen molar-refractivity contribution in [3.05, 3.63) is 76.1 Å². The Bertz CT molecular complexity index is 926. The summed E-state index contributed by atoms with van der Waals surface area (Å²) in [5.41, 5.74) is 0.324. The molecule has 0 aliphatic carbocycles. The van der Waals surface area contributed by atoms with Crippen molar-refractivity contribution in [1.82, 2.24) is 4.90 Å². The predicted molar refractivity (Wildman–Crippen MR) is 103 cm³/mol. The summed E-state index contributed by atoms with van der Waals surface area (Å²) in [6, 6.07) is 11.1. The van der Waals surface area contributed by atoms with Crippen LogP contribution < -0.4 is 0 Å². The molecule has 0 unspecified atom stereocenters. The molecule has 1 fully saturated rings. The number of hydrogen-bond donors (Lipinski definition) is 1. The van der Waals surface area contributed by atoms with Gasteiger partial charge in [-0.25, -0.2) is 4.39 Å². The van der Waals surface area contributed by atoms with E-state index in [1.807, 2.05) is 0 Å². The summed E-state index contributed by atoms with van der Waals surface area (Å²) < 4.78 is 19.6. The summed E-state index contributed by atoms with van der Waals surface area (Å²) in [6.07, 6.45) is 0.468. The van der Waals surface area contributed by atoms with Crippen LogP contribution >= 0.6 is 11.6 Å². The Balaban J connectivity index is 2.14. The monoisotopic (exact) mass is 403 g/mol. The third-order valence-corrected chi connectivity index (χ3v) is 4.86. The van der Waals surface area contributed by atoms with Gasteiger partial charge in [-0.05, 0) is 36.8 Å². The molecule has 1 saturated heterocycles. The molecular weight excluding hydrogens is 385 g/mol. The van der Waals surface area contributed by atoms with Gasteiger partial charge in [0.05, 0.1) is 11.6 Å². The highest BCUT2D eigenvalue weighted by Gasteiger charge is 2.46. The highest BCUT2D eigenvalue weighted by molar-refractivity contribution is 6.46. The first kappa shape index (κ1) is 20.0. The molecule has 0 saturated carbocycles. The Hall–Kier alpha value is -2.70. The van der Waals surface area contributed by atoms with E-state index in [1.54, 1.807) is 18.2 Å². The smallest absolute Gasteiger partial charge is 0.295 e. The van der Waals surface area contributed by atoms with Crippen LogP contribution in [0, 0.1) is 5.82 Å². The molecule has 1 N–H and O–H groups in total. The molecule has 1 aliphatic heterocycles. The Labute approximate surface area is 167 Å². The standard InChI is InChI=1S/C21H19ClFNO4/c1-28-12-4-11-24-18(15-5-2-3-6-16(15)23)17(20(26)21(24)27)19(25)13-7-9-14(22)10-8-13/h2-3,5-10,18,25H,4,11-12H2,1H3/t18-/m0/s1. The number of carbonyl (C=O) groups excluding carboxylic acids is 2. The molecule has 3 rings (SSSR count). The molecule has 1 aliphatic rings. The second kappa shape index (κ2) is 8.54. The molecule has 146 valence electrons. The number of likely N-dealkylation sites (tertiary alicyclic amines) is 1. The summed E-state index contributed by atoms with van der Waals surface area (Å²) in [7, 11) is 1.53. The largest absolute Gasteiger partial charge is 0.507 e. The number of hydrogen-bond acceptors (Lipinski definition) is 4. The summed E-state index contributed by atoms with van der Waals surface area (Å²) in [5, 5.41) is 11.3. The highest BCUT2D eigenvalue weighted by atomic mass is 35.5. The maximum absolute atomic E-state index is 14.6. The molecule has 0 radical (unpaired) electrons. The van der Waals surface area contributed by atoms with Gasteiger partial charge in [0.2, 0.25) is 0 Å². The van der Waals surface area contributed by atoms with E-state index in [0.717, 1.165) is 0 Å². The maximum Gasteiger partial charge on any atom is 0.295 e. The minimum Gasteiger partial charge on any atom is -0.507 e. The van der Waals surface area contributed by atoms with Crippen molar-refractivity contribution in [2.24, 2.45) is 0 Å². The molecule has 5 nitrogen and oxygen atoms in total. The first-order chi connectivity index (χ1) is 13.5. The second-order valence-corrected chi connectivity index (χ2v) is 6.80. The van der Waals surface area contributed by atoms with Crippen LogP contribution in [0.15, 0.2) is 54.1 Å². The number of benzene rings is 2. The first-order valence-corrected chi connectivity index (χ1v) is 9.11. The molecule has 0 aromatic heterocycles. The fourth-order valence-corrected chi connectivity index (χ4v) is 3.40. The Morgan fingerprint density at radius 2 is 1.86 bits per heavy atom. The van der Waals surface area contributed by atoms with Crippen molar-refractivity contribution in [2.75, 3.05) is 20.3 Å². The lowest BCUT2D eigenvalue weighted by Crippen LogP contribution is -2.31. The van der Waals surface area contributed by atoms with Gasteiger partial charge in [0.15, 0.2) is 0 Å². The van der Waals surface area contributed by atoms with Gasteiger partial charge in [0.1, 0.15) is 11.6 Å². The molecule has 1 atom stereocenters. The number of ether oxygens (including phenoxy) is 1. The number of halogens is 2. The Kier molecular flexibility index (Phi) is 6.11. The molecule has 28 heavy (non-hydrogen) atoms. The van der Waals surface area contributed by atoms with Crippen molar-refractivity contribution in [3.8, 4) is 0 Å². The van der Waals surface area contributed by atoms with Crippen LogP contribution in [0.3, 0.4) is 0 Å². The molecule has 0 bridgehead atoms. The van der Waals surface area contributed by atoms with Crippen LogP contribution in [0.4, 0.5) is 4.39 Å². The fraction of sp³-hybridized carbons (Fsp3) is 0.238. The quantitative estimate of drug-likeness (QED) is 0.343. The lowest BCUT2D eigenvalue weighted by Gasteiger charge is -2.25. The topological polar surface area (TPSA) is 66.8 Å². The number of aliphatic hydroxyl groups is 1. The van der Waals surface area contributed by atoms with Crippen molar-refractivity contribution >= 4 is 29.1 Å². The van der Waals surface area contributed by atoms with Crippen LogP contribution in [0.1, 0.15) is 23.6 Å². The van der Waals surface area contributed by atoms with Crippen molar-refractivity contribution in [2.45, 2.75) is 12.5 Å². The van der Waals surface area contributed by atoms with E-state index >= 15 is 0 Å². The number of Topliss-reactive ketones (excluding diaryl/α,β-unsaturated/α-hetero) is 1. The van der Waals surface area contributed by atoms with Gasteiger partial charge in [0.25, 0.3) is 11.7 Å². The van der Waals surface area contributed by atoms with E-state index in [9.17, 15) is 19.1 Å². The van der Waals surface area contributed by atoms with Crippen molar-refractivity contribution in [1.29, 1.82) is 0 Å². The van der Waals surface area contributed by atoms with Crippen LogP contribution in [0.25, 0.3) is 5.76 Å². The number of amides is 1. The zero-order valence-electron chi connectivity index (χ0n) is 15.2. The number of aliphatic hydroxyl groups excluding tert-OH is 1. The molecule has 2 aromatic rings. The summed E-state index contributed by atoms with van der Waals surface area (Å²) >= 11 is 5.88. The minimum atomic E-state index is -1.02. The fourth-order valence-electron chi connectivity index (χ4n) is 3.27. The number of ketones is 1. The average molecular weight is 404 g/mol. The van der Waals surface area contributed by atoms with Crippen LogP contribution in [0.2, 0.25) is 5.02 Å². The number of carbonyl (C=O) groups is 2. The van der Waals surface area contributed by atoms with Gasteiger partial charge < -0.3 is 14.7 Å². The Morgan fingerprint density at radius 3 is 2.50 bits per heavy atom. The number of nitrogens with zero attached hydrogens (tertiary/aromatic N) is 1. The SMILES string of the molecule is COCCCN1C(=O)C(=O)C(=C(O)c2ccc(Cl)cc2)[C@@H]1c1ccccc1F. The van der Waals surface area contributed by atoms with Gasteiger partial charge in [-0.15, -0.1) is 0 Å². The molecule has 2 aromatic carbocycles. The molecule has 0 spiro atoms. The molecule has 7 heteroatoms. The van der Waals surface area contributed by atoms with Crippen molar-refractivity contribution in [3.63, 3.8) is 0 Å². The predicted octanol–water partition coefficient (Wildman–Crippen LogP) is 3.94. The normalized spacial score (nSPS) is 18.7. The zero-order valence-corrected chi connectivity index (χ0v) is 15.9. The van der Waals surface area contributed by atoms with E-state index in [1.165, 1.54) is 42.3 Å². The summed E-state index contributed by atoms with van der Waals surface area (Å²) in [4.78, 5) is 26.7. The highest BCUT2D eigenvalue weighted by Crippen LogP contribution is 2.40. The molecule has 1 heterocycles. The lowest BCUT2D eigenvalue weighted by atomic mass is 9.95. The summed E-state index contributed by atoms with van der Waals surface area (Å²) in [6.45, 7) is 0.568.